The molecule has 1 amide bonds. The predicted octanol–water partition coefficient (Wildman–Crippen LogP) is 3.60. The van der Waals surface area contributed by atoms with Gasteiger partial charge in [0.2, 0.25) is 0 Å². The van der Waals surface area contributed by atoms with Crippen molar-refractivity contribution in [2.75, 3.05) is 19.0 Å². The average Bonchev–Trinajstić information content (AvgIpc) is 2.61. The van der Waals surface area contributed by atoms with Crippen LogP contribution in [0.2, 0.25) is 0 Å². The number of rotatable bonds is 6. The van der Waals surface area contributed by atoms with E-state index in [0.717, 1.165) is 5.56 Å². The van der Waals surface area contributed by atoms with E-state index in [4.69, 9.17) is 9.47 Å². The van der Waals surface area contributed by atoms with Crippen molar-refractivity contribution in [3.05, 3.63) is 71.8 Å². The lowest BCUT2D eigenvalue weighted by molar-refractivity contribution is 0.0600. The molecule has 0 unspecified atom stereocenters. The number of nitrogens with one attached hydrogen (secondary N) is 1. The highest BCUT2D eigenvalue weighted by molar-refractivity contribution is 6.05. The van der Waals surface area contributed by atoms with Crippen LogP contribution in [-0.2, 0) is 4.74 Å². The molecule has 2 aromatic carbocycles. The van der Waals surface area contributed by atoms with Crippen LogP contribution in [0.1, 0.15) is 26.3 Å². The third-order valence-corrected chi connectivity index (χ3v) is 3.39. The highest BCUT2D eigenvalue weighted by Gasteiger charge is 2.11. The van der Waals surface area contributed by atoms with E-state index in [0.29, 0.717) is 29.2 Å². The van der Waals surface area contributed by atoms with Gasteiger partial charge in [-0.3, -0.25) is 4.79 Å². The molecule has 0 saturated carbocycles. The smallest absolute Gasteiger partial charge is 0.337 e. The fourth-order valence-corrected chi connectivity index (χ4v) is 2.05. The van der Waals surface area contributed by atoms with Gasteiger partial charge >= 0.3 is 5.97 Å². The Bertz CT molecular complexity index is 750. The number of anilines is 1. The number of carbonyl (C=O) groups excluding carboxylic acids is 2. The van der Waals surface area contributed by atoms with Gasteiger partial charge in [0.25, 0.3) is 5.91 Å². The Hall–Kier alpha value is -3.08. The molecule has 0 aliphatic rings. The normalized spacial score (nSPS) is 9.92. The number of hydrogen-bond donors (Lipinski definition) is 1. The summed E-state index contributed by atoms with van der Waals surface area (Å²) >= 11 is 0. The highest BCUT2D eigenvalue weighted by Crippen LogP contribution is 2.19. The Morgan fingerprint density at radius 2 is 1.79 bits per heavy atom. The molecule has 0 radical (unpaired) electrons. The van der Waals surface area contributed by atoms with E-state index < -0.39 is 5.97 Å². The molecular weight excluding hydrogens is 306 g/mol. The number of ether oxygens (including phenoxy) is 2. The molecule has 24 heavy (non-hydrogen) atoms. The molecule has 5 heteroatoms. The van der Waals surface area contributed by atoms with E-state index in [9.17, 15) is 9.59 Å². The number of methoxy groups -OCH3 is 1. The van der Waals surface area contributed by atoms with Crippen LogP contribution in [0.3, 0.4) is 0 Å². The highest BCUT2D eigenvalue weighted by atomic mass is 16.5. The number of benzene rings is 2. The summed E-state index contributed by atoms with van der Waals surface area (Å²) in [5.41, 5.74) is 2.28. The first-order valence-electron chi connectivity index (χ1n) is 7.39. The van der Waals surface area contributed by atoms with Crippen LogP contribution >= 0.6 is 0 Å². The summed E-state index contributed by atoms with van der Waals surface area (Å²) in [5.74, 6) is -0.0556. The molecule has 0 spiro atoms. The minimum absolute atomic E-state index is 0.268. The lowest BCUT2D eigenvalue weighted by Gasteiger charge is -2.10. The zero-order valence-electron chi connectivity index (χ0n) is 13.7. The number of aryl methyl sites for hydroxylation is 1. The average molecular weight is 325 g/mol. The van der Waals surface area contributed by atoms with Crippen molar-refractivity contribution in [3.8, 4) is 5.75 Å². The van der Waals surface area contributed by atoms with Crippen LogP contribution in [-0.4, -0.2) is 25.6 Å². The van der Waals surface area contributed by atoms with Crippen LogP contribution in [0.15, 0.2) is 55.1 Å². The van der Waals surface area contributed by atoms with Gasteiger partial charge in [-0.25, -0.2) is 4.79 Å². The second-order valence-corrected chi connectivity index (χ2v) is 5.10. The maximum absolute atomic E-state index is 12.4. The van der Waals surface area contributed by atoms with Gasteiger partial charge < -0.3 is 14.8 Å². The zero-order chi connectivity index (χ0) is 17.5. The molecule has 5 nitrogen and oxygen atoms in total. The summed E-state index contributed by atoms with van der Waals surface area (Å²) in [6.07, 6.45) is 1.65. The first kappa shape index (κ1) is 17.3. The van der Waals surface area contributed by atoms with E-state index >= 15 is 0 Å². The first-order valence-corrected chi connectivity index (χ1v) is 7.39. The third kappa shape index (κ3) is 4.23. The second kappa shape index (κ2) is 7.97. The fraction of sp³-hybridized carbons (Fsp3) is 0.158. The number of carbonyl (C=O) groups is 2. The minimum atomic E-state index is -0.450. The van der Waals surface area contributed by atoms with Gasteiger partial charge in [-0.15, -0.1) is 0 Å². The molecule has 0 aromatic heterocycles. The predicted molar refractivity (Wildman–Crippen MR) is 92.6 cm³/mol. The standard InChI is InChI=1S/C19H19NO4/c1-4-11-24-16-9-7-14(8-10-16)18(21)20-17-12-15(19(22)23-3)6-5-13(17)2/h4-10,12H,1,11H2,2-3H3,(H,20,21). The van der Waals surface area contributed by atoms with Crippen LogP contribution in [0.5, 0.6) is 5.75 Å². The van der Waals surface area contributed by atoms with Crippen molar-refractivity contribution in [2.24, 2.45) is 0 Å². The Labute approximate surface area is 140 Å². The molecule has 2 aromatic rings. The van der Waals surface area contributed by atoms with Gasteiger partial charge in [0, 0.05) is 11.3 Å². The molecule has 124 valence electrons. The summed E-state index contributed by atoms with van der Waals surface area (Å²) in [6, 6.07) is 11.8. The van der Waals surface area contributed by atoms with Gasteiger partial charge in [-0.2, -0.15) is 0 Å². The lowest BCUT2D eigenvalue weighted by atomic mass is 10.1. The Morgan fingerprint density at radius 1 is 1.12 bits per heavy atom. The summed E-state index contributed by atoms with van der Waals surface area (Å²) in [7, 11) is 1.32. The van der Waals surface area contributed by atoms with Crippen LogP contribution < -0.4 is 10.1 Å². The van der Waals surface area contributed by atoms with Crippen LogP contribution in [0.25, 0.3) is 0 Å². The zero-order valence-corrected chi connectivity index (χ0v) is 13.7. The molecule has 0 bridgehead atoms. The van der Waals surface area contributed by atoms with Crippen molar-refractivity contribution in [3.63, 3.8) is 0 Å². The second-order valence-electron chi connectivity index (χ2n) is 5.10. The van der Waals surface area contributed by atoms with E-state index in [1.807, 2.05) is 6.92 Å². The number of amides is 1. The van der Waals surface area contributed by atoms with Crippen molar-refractivity contribution in [2.45, 2.75) is 6.92 Å². The summed E-state index contributed by atoms with van der Waals surface area (Å²) in [5, 5.41) is 2.80. The lowest BCUT2D eigenvalue weighted by Crippen LogP contribution is -2.13. The van der Waals surface area contributed by atoms with E-state index in [1.54, 1.807) is 48.5 Å². The third-order valence-electron chi connectivity index (χ3n) is 3.39. The Kier molecular flexibility index (Phi) is 5.73. The van der Waals surface area contributed by atoms with Crippen LogP contribution in [0.4, 0.5) is 5.69 Å². The molecule has 0 saturated heterocycles. The Balaban J connectivity index is 2.14. The largest absolute Gasteiger partial charge is 0.490 e. The molecule has 0 aliphatic carbocycles. The molecule has 0 heterocycles. The van der Waals surface area contributed by atoms with Gasteiger partial charge in [-0.05, 0) is 48.9 Å². The van der Waals surface area contributed by atoms with Gasteiger partial charge in [0.05, 0.1) is 12.7 Å². The number of hydrogen-bond acceptors (Lipinski definition) is 4. The van der Waals surface area contributed by atoms with Crippen molar-refractivity contribution >= 4 is 17.6 Å². The molecule has 0 atom stereocenters. The van der Waals surface area contributed by atoms with Crippen LogP contribution in [0, 0.1) is 6.92 Å². The Morgan fingerprint density at radius 3 is 2.42 bits per heavy atom. The molecule has 0 fully saturated rings. The molecular formula is C19H19NO4. The van der Waals surface area contributed by atoms with Gasteiger partial charge in [0.15, 0.2) is 0 Å². The topological polar surface area (TPSA) is 64.6 Å². The van der Waals surface area contributed by atoms with E-state index in [2.05, 4.69) is 11.9 Å². The maximum Gasteiger partial charge on any atom is 0.337 e. The minimum Gasteiger partial charge on any atom is -0.490 e. The number of esters is 1. The molecule has 2 rings (SSSR count). The molecule has 0 aliphatic heterocycles. The van der Waals surface area contributed by atoms with Crippen molar-refractivity contribution in [1.29, 1.82) is 0 Å². The quantitative estimate of drug-likeness (QED) is 0.651. The van der Waals surface area contributed by atoms with Crippen molar-refractivity contribution in [1.82, 2.24) is 0 Å². The van der Waals surface area contributed by atoms with E-state index in [1.165, 1.54) is 7.11 Å². The van der Waals surface area contributed by atoms with Crippen molar-refractivity contribution < 1.29 is 19.1 Å². The molecule has 1 N–H and O–H groups in total. The fourth-order valence-electron chi connectivity index (χ4n) is 2.05. The van der Waals surface area contributed by atoms with E-state index in [-0.39, 0.29) is 5.91 Å². The van der Waals surface area contributed by atoms with Gasteiger partial charge in [0.1, 0.15) is 12.4 Å². The monoisotopic (exact) mass is 325 g/mol. The summed E-state index contributed by atoms with van der Waals surface area (Å²) in [6.45, 7) is 5.84. The van der Waals surface area contributed by atoms with Gasteiger partial charge in [-0.1, -0.05) is 18.7 Å². The SMILES string of the molecule is C=CCOc1ccc(C(=O)Nc2cc(C(=O)OC)ccc2C)cc1. The maximum atomic E-state index is 12.4. The summed E-state index contributed by atoms with van der Waals surface area (Å²) < 4.78 is 10.1. The first-order chi connectivity index (χ1) is 11.5. The summed E-state index contributed by atoms with van der Waals surface area (Å²) in [4.78, 5) is 24.0.